The fourth-order valence-corrected chi connectivity index (χ4v) is 2.40. The average molecular weight is 331 g/mol. The Kier molecular flexibility index (Phi) is 4.90. The van der Waals surface area contributed by atoms with E-state index in [2.05, 4.69) is 0 Å². The third-order valence-corrected chi connectivity index (χ3v) is 3.79. The van der Waals surface area contributed by atoms with Crippen LogP contribution in [-0.4, -0.2) is 18.4 Å². The zero-order chi connectivity index (χ0) is 17.6. The van der Waals surface area contributed by atoms with Gasteiger partial charge in [-0.05, 0) is 35.4 Å². The maximum atomic E-state index is 12.2. The quantitative estimate of drug-likeness (QED) is 0.436. The topological polar surface area (TPSA) is 69.4 Å². The maximum Gasteiger partial charge on any atom is 0.338 e. The lowest BCUT2D eigenvalue weighted by Crippen LogP contribution is -2.14. The van der Waals surface area contributed by atoms with Crippen LogP contribution in [-0.2, 0) is 4.74 Å². The minimum absolute atomic E-state index is 0.247. The fourth-order valence-electron chi connectivity index (χ4n) is 2.40. The molecule has 3 rings (SSSR count). The van der Waals surface area contributed by atoms with Gasteiger partial charge in [0.2, 0.25) is 0 Å². The number of nitrogen functional groups attached to an aromatic ring is 1. The van der Waals surface area contributed by atoms with Crippen molar-refractivity contribution in [2.24, 2.45) is 0 Å². The smallest absolute Gasteiger partial charge is 0.338 e. The van der Waals surface area contributed by atoms with Crippen molar-refractivity contribution in [3.63, 3.8) is 0 Å². The summed E-state index contributed by atoms with van der Waals surface area (Å²) in [6, 6.07) is 23.5. The molecule has 0 aliphatic carbocycles. The number of carbonyl (C=O) groups excluding carboxylic acids is 2. The maximum absolute atomic E-state index is 12.2. The van der Waals surface area contributed by atoms with E-state index in [1.54, 1.807) is 36.4 Å². The highest BCUT2D eigenvalue weighted by Crippen LogP contribution is 2.19. The van der Waals surface area contributed by atoms with Gasteiger partial charge in [-0.2, -0.15) is 0 Å². The summed E-state index contributed by atoms with van der Waals surface area (Å²) < 4.78 is 5.07. The molecule has 0 fully saturated rings. The van der Waals surface area contributed by atoms with Crippen molar-refractivity contribution in [2.75, 3.05) is 12.3 Å². The van der Waals surface area contributed by atoms with E-state index in [1.807, 2.05) is 42.5 Å². The number of ketones is 1. The lowest BCUT2D eigenvalue weighted by molar-refractivity contribution is 0.0475. The van der Waals surface area contributed by atoms with E-state index >= 15 is 0 Å². The van der Waals surface area contributed by atoms with Gasteiger partial charge in [0.25, 0.3) is 0 Å². The highest BCUT2D eigenvalue weighted by atomic mass is 16.5. The van der Waals surface area contributed by atoms with Crippen LogP contribution in [0.15, 0.2) is 78.9 Å². The highest BCUT2D eigenvalue weighted by molar-refractivity contribution is 5.99. The number of ether oxygens (including phenoxy) is 1. The molecule has 0 unspecified atom stereocenters. The second kappa shape index (κ2) is 7.45. The Balaban J connectivity index is 1.61. The summed E-state index contributed by atoms with van der Waals surface area (Å²) in [7, 11) is 0. The Hall–Kier alpha value is -3.40. The fraction of sp³-hybridized carbons (Fsp3) is 0.0476. The molecule has 25 heavy (non-hydrogen) atoms. The normalized spacial score (nSPS) is 10.2. The van der Waals surface area contributed by atoms with Gasteiger partial charge in [-0.3, -0.25) is 4.79 Å². The predicted octanol–water partition coefficient (Wildman–Crippen LogP) is 3.98. The van der Waals surface area contributed by atoms with Crippen LogP contribution >= 0.6 is 0 Å². The molecule has 0 saturated heterocycles. The van der Waals surface area contributed by atoms with Crippen molar-refractivity contribution in [1.82, 2.24) is 0 Å². The number of carbonyl (C=O) groups is 2. The zero-order valence-corrected chi connectivity index (χ0v) is 13.5. The molecular formula is C21H17NO3. The Labute approximate surface area is 145 Å². The molecule has 0 amide bonds. The molecule has 124 valence electrons. The number of hydrogen-bond acceptors (Lipinski definition) is 4. The van der Waals surface area contributed by atoms with Gasteiger partial charge >= 0.3 is 5.97 Å². The monoisotopic (exact) mass is 331 g/mol. The summed E-state index contributed by atoms with van der Waals surface area (Å²) in [5.41, 5.74) is 9.11. The van der Waals surface area contributed by atoms with E-state index in [1.165, 1.54) is 0 Å². The van der Waals surface area contributed by atoms with E-state index in [4.69, 9.17) is 10.5 Å². The van der Waals surface area contributed by atoms with Crippen molar-refractivity contribution in [2.45, 2.75) is 0 Å². The number of nitrogens with two attached hydrogens (primary N) is 1. The molecule has 0 saturated carbocycles. The lowest BCUT2D eigenvalue weighted by atomic mass is 10.0. The number of benzene rings is 3. The molecule has 0 bridgehead atoms. The van der Waals surface area contributed by atoms with Gasteiger partial charge in [-0.1, -0.05) is 54.6 Å². The Morgan fingerprint density at radius 3 is 1.92 bits per heavy atom. The third-order valence-electron chi connectivity index (χ3n) is 3.79. The zero-order valence-electron chi connectivity index (χ0n) is 13.5. The molecular weight excluding hydrogens is 314 g/mol. The summed E-state index contributed by atoms with van der Waals surface area (Å²) in [5, 5.41) is 0. The van der Waals surface area contributed by atoms with E-state index in [-0.39, 0.29) is 12.4 Å². The molecule has 3 aromatic carbocycles. The molecule has 0 aromatic heterocycles. The largest absolute Gasteiger partial charge is 0.454 e. The molecule has 4 nitrogen and oxygen atoms in total. The molecule has 0 spiro atoms. The summed E-state index contributed by atoms with van der Waals surface area (Å²) in [6.07, 6.45) is 0. The molecule has 0 radical (unpaired) electrons. The van der Waals surface area contributed by atoms with Crippen LogP contribution in [0.5, 0.6) is 0 Å². The number of Topliss-reactive ketones (excluding diaryl/α,β-unsaturated/α-hetero) is 1. The predicted molar refractivity (Wildman–Crippen MR) is 97.3 cm³/mol. The molecule has 0 atom stereocenters. The second-order valence-corrected chi connectivity index (χ2v) is 5.56. The van der Waals surface area contributed by atoms with E-state index in [9.17, 15) is 9.59 Å². The molecule has 0 aliphatic rings. The van der Waals surface area contributed by atoms with Gasteiger partial charge in [-0.15, -0.1) is 0 Å². The molecule has 4 heteroatoms. The van der Waals surface area contributed by atoms with Crippen LogP contribution in [0.4, 0.5) is 5.69 Å². The Bertz CT molecular complexity index is 869. The van der Waals surface area contributed by atoms with Gasteiger partial charge in [0.15, 0.2) is 12.4 Å². The second-order valence-electron chi connectivity index (χ2n) is 5.56. The van der Waals surface area contributed by atoms with Crippen molar-refractivity contribution < 1.29 is 14.3 Å². The Morgan fingerprint density at radius 1 is 0.720 bits per heavy atom. The number of anilines is 1. The first-order valence-electron chi connectivity index (χ1n) is 7.85. The number of rotatable bonds is 5. The van der Waals surface area contributed by atoms with Gasteiger partial charge in [0, 0.05) is 11.3 Å². The first kappa shape index (κ1) is 16.5. The lowest BCUT2D eigenvalue weighted by Gasteiger charge is -2.06. The van der Waals surface area contributed by atoms with E-state index < -0.39 is 5.97 Å². The van der Waals surface area contributed by atoms with Crippen molar-refractivity contribution >= 4 is 17.4 Å². The van der Waals surface area contributed by atoms with E-state index in [0.29, 0.717) is 16.8 Å². The van der Waals surface area contributed by atoms with Crippen LogP contribution in [0.25, 0.3) is 11.1 Å². The van der Waals surface area contributed by atoms with Gasteiger partial charge in [0.1, 0.15) is 0 Å². The summed E-state index contributed by atoms with van der Waals surface area (Å²) in [5.74, 6) is -0.794. The Morgan fingerprint density at radius 2 is 1.28 bits per heavy atom. The van der Waals surface area contributed by atoms with Gasteiger partial charge < -0.3 is 10.5 Å². The van der Waals surface area contributed by atoms with Crippen LogP contribution < -0.4 is 5.73 Å². The summed E-state index contributed by atoms with van der Waals surface area (Å²) >= 11 is 0. The third kappa shape index (κ3) is 4.12. The summed E-state index contributed by atoms with van der Waals surface area (Å²) in [6.45, 7) is -0.298. The number of hydrogen-bond donors (Lipinski definition) is 1. The summed E-state index contributed by atoms with van der Waals surface area (Å²) in [4.78, 5) is 24.1. The van der Waals surface area contributed by atoms with E-state index in [0.717, 1.165) is 11.1 Å². The number of esters is 1. The standard InChI is InChI=1S/C21H17NO3/c22-19-12-10-18(11-13-19)21(24)25-14-20(23)17-8-6-16(7-9-17)15-4-2-1-3-5-15/h1-13H,14,22H2. The minimum atomic E-state index is -0.547. The minimum Gasteiger partial charge on any atom is -0.454 e. The van der Waals surface area contributed by atoms with Gasteiger partial charge in [0.05, 0.1) is 5.56 Å². The van der Waals surface area contributed by atoms with Crippen LogP contribution in [0.2, 0.25) is 0 Å². The van der Waals surface area contributed by atoms with Crippen molar-refractivity contribution in [3.05, 3.63) is 90.0 Å². The SMILES string of the molecule is Nc1ccc(C(=O)OCC(=O)c2ccc(-c3ccccc3)cc2)cc1. The molecule has 0 heterocycles. The first-order valence-corrected chi connectivity index (χ1v) is 7.85. The van der Waals surface area contributed by atoms with Crippen LogP contribution in [0, 0.1) is 0 Å². The molecule has 2 N–H and O–H groups in total. The van der Waals surface area contributed by atoms with Crippen LogP contribution in [0.1, 0.15) is 20.7 Å². The van der Waals surface area contributed by atoms with Crippen LogP contribution in [0.3, 0.4) is 0 Å². The van der Waals surface area contributed by atoms with Crippen molar-refractivity contribution in [3.8, 4) is 11.1 Å². The highest BCUT2D eigenvalue weighted by Gasteiger charge is 2.12. The van der Waals surface area contributed by atoms with Gasteiger partial charge in [-0.25, -0.2) is 4.79 Å². The average Bonchev–Trinajstić information content (AvgIpc) is 2.67. The molecule has 3 aromatic rings. The molecule has 0 aliphatic heterocycles. The van der Waals surface area contributed by atoms with Crippen molar-refractivity contribution in [1.29, 1.82) is 0 Å². The first-order chi connectivity index (χ1) is 12.1.